The number of alkyl halides is 1. The van der Waals surface area contributed by atoms with Gasteiger partial charge >= 0.3 is 0 Å². The van der Waals surface area contributed by atoms with E-state index in [1.807, 2.05) is 18.2 Å². The van der Waals surface area contributed by atoms with Crippen LogP contribution in [0.1, 0.15) is 16.0 Å². The van der Waals surface area contributed by atoms with Crippen LogP contribution in [-0.2, 0) is 4.79 Å². The molecule has 1 N–H and O–H groups in total. The van der Waals surface area contributed by atoms with Crippen molar-refractivity contribution in [2.45, 2.75) is 9.72 Å². The minimum Gasteiger partial charge on any atom is -0.482 e. The van der Waals surface area contributed by atoms with Crippen LogP contribution in [0.3, 0.4) is 0 Å². The lowest BCUT2D eigenvalue weighted by Gasteiger charge is -2.20. The van der Waals surface area contributed by atoms with Gasteiger partial charge in [-0.15, -0.1) is 11.8 Å². The Morgan fingerprint density at radius 1 is 1.19 bits per heavy atom. The van der Waals surface area contributed by atoms with Crippen molar-refractivity contribution in [1.29, 1.82) is 0 Å². The number of halogens is 1. The molecule has 0 fully saturated rings. The van der Waals surface area contributed by atoms with Crippen LogP contribution in [0.15, 0.2) is 47.4 Å². The molecule has 1 amide bonds. The lowest BCUT2D eigenvalue weighted by atomic mass is 10.0. The van der Waals surface area contributed by atoms with Crippen LogP contribution in [0.4, 0.5) is 5.69 Å². The molecule has 0 saturated heterocycles. The van der Waals surface area contributed by atoms with Gasteiger partial charge in [-0.3, -0.25) is 4.79 Å². The molecule has 3 nitrogen and oxygen atoms in total. The van der Waals surface area contributed by atoms with E-state index in [1.165, 1.54) is 10.5 Å². The number of thioether (sulfide) groups is 1. The van der Waals surface area contributed by atoms with Crippen LogP contribution in [0.5, 0.6) is 5.75 Å². The number of carbonyl (C=O) groups is 1. The number of amides is 1. The quantitative estimate of drug-likeness (QED) is 0.655. The van der Waals surface area contributed by atoms with Crippen molar-refractivity contribution >= 4 is 39.3 Å². The molecule has 0 bridgehead atoms. The first kappa shape index (κ1) is 14.5. The Kier molecular flexibility index (Phi) is 4.22. The topological polar surface area (TPSA) is 38.3 Å². The first-order chi connectivity index (χ1) is 10.2. The zero-order chi connectivity index (χ0) is 14.8. The largest absolute Gasteiger partial charge is 0.482 e. The van der Waals surface area contributed by atoms with E-state index in [4.69, 9.17) is 4.74 Å². The number of nitrogens with one attached hydrogen (secondary N) is 1. The fourth-order valence-corrected chi connectivity index (χ4v) is 3.22. The molecule has 0 spiro atoms. The van der Waals surface area contributed by atoms with Gasteiger partial charge in [0.15, 0.2) is 6.61 Å². The van der Waals surface area contributed by atoms with E-state index in [1.54, 1.807) is 11.8 Å². The van der Waals surface area contributed by atoms with Gasteiger partial charge in [0.25, 0.3) is 5.91 Å². The van der Waals surface area contributed by atoms with Gasteiger partial charge in [0.2, 0.25) is 0 Å². The van der Waals surface area contributed by atoms with E-state index in [-0.39, 0.29) is 17.3 Å². The van der Waals surface area contributed by atoms with E-state index in [9.17, 15) is 4.79 Å². The van der Waals surface area contributed by atoms with E-state index in [0.717, 1.165) is 17.0 Å². The van der Waals surface area contributed by atoms with Crippen LogP contribution in [0.25, 0.3) is 0 Å². The number of anilines is 1. The highest BCUT2D eigenvalue weighted by atomic mass is 79.9. The van der Waals surface area contributed by atoms with Crippen molar-refractivity contribution in [2.24, 2.45) is 0 Å². The molecule has 1 aliphatic rings. The number of ether oxygens (including phenoxy) is 1. The number of benzene rings is 2. The highest BCUT2D eigenvalue weighted by molar-refractivity contribution is 9.09. The van der Waals surface area contributed by atoms with Crippen molar-refractivity contribution < 1.29 is 9.53 Å². The Morgan fingerprint density at radius 3 is 2.62 bits per heavy atom. The minimum absolute atomic E-state index is 0.0811. The maximum absolute atomic E-state index is 11.4. The van der Waals surface area contributed by atoms with Crippen molar-refractivity contribution in [3.63, 3.8) is 0 Å². The molecule has 0 radical (unpaired) electrons. The van der Waals surface area contributed by atoms with Crippen LogP contribution >= 0.6 is 27.7 Å². The standard InChI is InChI=1S/C16H14BrNO2S/c1-21-12-5-2-10(3-6-12)16(17)11-4-7-14-13(8-11)18-15(19)9-20-14/h2-8,16H,9H2,1H3,(H,18,19). The molecule has 108 valence electrons. The monoisotopic (exact) mass is 363 g/mol. The normalized spacial score (nSPS) is 14.9. The highest BCUT2D eigenvalue weighted by Crippen LogP contribution is 2.36. The third kappa shape index (κ3) is 3.09. The molecule has 1 atom stereocenters. The summed E-state index contributed by atoms with van der Waals surface area (Å²) in [6.07, 6.45) is 2.06. The number of hydrogen-bond acceptors (Lipinski definition) is 3. The van der Waals surface area contributed by atoms with E-state index < -0.39 is 0 Å². The van der Waals surface area contributed by atoms with Gasteiger partial charge in [0.1, 0.15) is 5.75 Å². The number of fused-ring (bicyclic) bond motifs is 1. The van der Waals surface area contributed by atoms with Crippen molar-refractivity contribution in [3.8, 4) is 5.75 Å². The fourth-order valence-electron chi connectivity index (χ4n) is 2.22. The molecule has 0 saturated carbocycles. The van der Waals surface area contributed by atoms with Gasteiger partial charge in [0, 0.05) is 4.90 Å². The number of rotatable bonds is 3. The Labute approximate surface area is 136 Å². The second-order valence-electron chi connectivity index (χ2n) is 4.73. The predicted octanol–water partition coefficient (Wildman–Crippen LogP) is 4.22. The Morgan fingerprint density at radius 2 is 1.90 bits per heavy atom. The second-order valence-corrected chi connectivity index (χ2v) is 6.52. The fraction of sp³-hybridized carbons (Fsp3) is 0.188. The third-order valence-electron chi connectivity index (χ3n) is 3.34. The average molecular weight is 364 g/mol. The summed E-state index contributed by atoms with van der Waals surface area (Å²) in [5.41, 5.74) is 2.99. The predicted molar refractivity (Wildman–Crippen MR) is 89.6 cm³/mol. The van der Waals surface area contributed by atoms with Crippen LogP contribution in [0.2, 0.25) is 0 Å². The molecule has 1 heterocycles. The van der Waals surface area contributed by atoms with Crippen LogP contribution in [-0.4, -0.2) is 18.8 Å². The van der Waals surface area contributed by atoms with E-state index >= 15 is 0 Å². The third-order valence-corrected chi connectivity index (χ3v) is 5.14. The van der Waals surface area contributed by atoms with E-state index in [0.29, 0.717) is 0 Å². The summed E-state index contributed by atoms with van der Waals surface area (Å²) < 4.78 is 5.38. The molecule has 5 heteroatoms. The summed E-state index contributed by atoms with van der Waals surface area (Å²) in [4.78, 5) is 12.7. The van der Waals surface area contributed by atoms with Crippen LogP contribution in [0, 0.1) is 0 Å². The zero-order valence-electron chi connectivity index (χ0n) is 11.4. The van der Waals surface area contributed by atoms with Gasteiger partial charge < -0.3 is 10.1 Å². The maximum Gasteiger partial charge on any atom is 0.262 e. The van der Waals surface area contributed by atoms with Crippen molar-refractivity contribution in [2.75, 3.05) is 18.2 Å². The maximum atomic E-state index is 11.4. The van der Waals surface area contributed by atoms with Crippen molar-refractivity contribution in [3.05, 3.63) is 53.6 Å². The van der Waals surface area contributed by atoms with Crippen LogP contribution < -0.4 is 10.1 Å². The molecule has 1 unspecified atom stereocenters. The molecule has 0 aliphatic carbocycles. The molecule has 0 aromatic heterocycles. The lowest BCUT2D eigenvalue weighted by Crippen LogP contribution is -2.25. The lowest BCUT2D eigenvalue weighted by molar-refractivity contribution is -0.118. The van der Waals surface area contributed by atoms with Gasteiger partial charge in [-0.05, 0) is 41.6 Å². The summed E-state index contributed by atoms with van der Waals surface area (Å²) in [7, 11) is 0. The first-order valence-electron chi connectivity index (χ1n) is 6.52. The summed E-state index contributed by atoms with van der Waals surface area (Å²) in [5, 5.41) is 2.84. The minimum atomic E-state index is -0.116. The van der Waals surface area contributed by atoms with Gasteiger partial charge in [-0.25, -0.2) is 0 Å². The van der Waals surface area contributed by atoms with Gasteiger partial charge in [-0.2, -0.15) is 0 Å². The number of hydrogen-bond donors (Lipinski definition) is 1. The van der Waals surface area contributed by atoms with Crippen molar-refractivity contribution in [1.82, 2.24) is 0 Å². The first-order valence-corrected chi connectivity index (χ1v) is 8.66. The summed E-state index contributed by atoms with van der Waals surface area (Å²) >= 11 is 5.45. The number of carbonyl (C=O) groups excluding carboxylic acids is 1. The van der Waals surface area contributed by atoms with E-state index in [2.05, 4.69) is 51.8 Å². The van der Waals surface area contributed by atoms with Gasteiger partial charge in [0.05, 0.1) is 10.5 Å². The smallest absolute Gasteiger partial charge is 0.262 e. The molecular formula is C16H14BrNO2S. The Hall–Kier alpha value is -1.46. The summed E-state index contributed by atoms with van der Waals surface area (Å²) in [6, 6.07) is 14.3. The zero-order valence-corrected chi connectivity index (χ0v) is 13.8. The average Bonchev–Trinajstić information content (AvgIpc) is 2.53. The molecule has 3 rings (SSSR count). The molecule has 2 aromatic rings. The molecule has 1 aliphatic heterocycles. The Bertz CT molecular complexity index is 672. The highest BCUT2D eigenvalue weighted by Gasteiger charge is 2.18. The molecular weight excluding hydrogens is 350 g/mol. The Balaban J connectivity index is 1.88. The summed E-state index contributed by atoms with van der Waals surface area (Å²) in [5.74, 6) is 0.603. The molecule has 2 aromatic carbocycles. The second kappa shape index (κ2) is 6.12. The molecule has 21 heavy (non-hydrogen) atoms. The van der Waals surface area contributed by atoms with Gasteiger partial charge in [-0.1, -0.05) is 34.1 Å². The SMILES string of the molecule is CSc1ccc(C(Br)c2ccc3c(c2)NC(=O)CO3)cc1. The summed E-state index contributed by atoms with van der Waals surface area (Å²) in [6.45, 7) is 0.0836.